The summed E-state index contributed by atoms with van der Waals surface area (Å²) in [5.74, 6) is 1.15. The second kappa shape index (κ2) is 10.8. The summed E-state index contributed by atoms with van der Waals surface area (Å²) < 4.78 is 11.1. The molecule has 0 spiro atoms. The van der Waals surface area contributed by atoms with Gasteiger partial charge in [0, 0.05) is 31.4 Å². The predicted octanol–water partition coefficient (Wildman–Crippen LogP) is 5.08. The van der Waals surface area contributed by atoms with Gasteiger partial charge in [-0.05, 0) is 63.3 Å². The third-order valence-corrected chi connectivity index (χ3v) is 7.76. The summed E-state index contributed by atoms with van der Waals surface area (Å²) in [6.45, 7) is 12.2. The van der Waals surface area contributed by atoms with Crippen LogP contribution < -0.4 is 5.56 Å². The monoisotopic (exact) mass is 570 g/mol. The molecule has 0 radical (unpaired) electrons. The first-order valence-electron chi connectivity index (χ1n) is 14.7. The van der Waals surface area contributed by atoms with Crippen LogP contribution in [0.5, 0.6) is 0 Å². The first-order chi connectivity index (χ1) is 20.1. The number of carbonyl (C=O) groups is 1. The Labute approximate surface area is 244 Å². The van der Waals surface area contributed by atoms with E-state index in [1.165, 1.54) is 5.56 Å². The van der Waals surface area contributed by atoms with Crippen LogP contribution in [0.1, 0.15) is 69.5 Å². The molecule has 220 valence electrons. The van der Waals surface area contributed by atoms with Gasteiger partial charge in [0.05, 0.1) is 24.0 Å². The highest BCUT2D eigenvalue weighted by atomic mass is 16.6. The van der Waals surface area contributed by atoms with E-state index in [1.807, 2.05) is 43.9 Å². The number of unbranched alkanes of at least 4 members (excludes halogenated alkanes) is 2. The van der Waals surface area contributed by atoms with Crippen molar-refractivity contribution in [3.63, 3.8) is 0 Å². The van der Waals surface area contributed by atoms with E-state index in [-0.39, 0.29) is 11.7 Å². The number of rotatable bonds is 7. The molecule has 5 aromatic rings. The number of amides is 1. The van der Waals surface area contributed by atoms with Gasteiger partial charge in [0.2, 0.25) is 5.78 Å². The fraction of sp³-hybridized carbons (Fsp3) is 0.452. The van der Waals surface area contributed by atoms with Crippen LogP contribution in [-0.4, -0.2) is 57.1 Å². The van der Waals surface area contributed by atoms with E-state index in [0.29, 0.717) is 36.8 Å². The molecule has 0 saturated heterocycles. The van der Waals surface area contributed by atoms with Crippen LogP contribution in [0, 0.1) is 6.92 Å². The van der Waals surface area contributed by atoms with E-state index in [9.17, 15) is 9.59 Å². The Morgan fingerprint density at radius 3 is 2.74 bits per heavy atom. The van der Waals surface area contributed by atoms with E-state index in [0.717, 1.165) is 60.1 Å². The molecule has 1 aliphatic rings. The van der Waals surface area contributed by atoms with Gasteiger partial charge >= 0.3 is 6.09 Å². The van der Waals surface area contributed by atoms with Gasteiger partial charge in [-0.1, -0.05) is 38.0 Å². The minimum Gasteiger partial charge on any atom is -0.444 e. The maximum atomic E-state index is 13.4. The fourth-order valence-corrected chi connectivity index (χ4v) is 5.66. The molecule has 0 saturated carbocycles. The number of H-pyrrole nitrogens is 1. The van der Waals surface area contributed by atoms with Crippen LogP contribution in [0.3, 0.4) is 0 Å². The van der Waals surface area contributed by atoms with Crippen molar-refractivity contribution in [2.45, 2.75) is 85.5 Å². The number of nitrogens with zero attached hydrogens (tertiary/aromatic N) is 7. The summed E-state index contributed by atoms with van der Waals surface area (Å²) in [7, 11) is 0. The van der Waals surface area contributed by atoms with Crippen LogP contribution >= 0.6 is 0 Å². The minimum atomic E-state index is -0.508. The average Bonchev–Trinajstić information content (AvgIpc) is 3.68. The number of aryl methyl sites for hydroxylation is 2. The lowest BCUT2D eigenvalue weighted by Gasteiger charge is -2.31. The van der Waals surface area contributed by atoms with Crippen molar-refractivity contribution in [3.8, 4) is 11.3 Å². The molecule has 1 aliphatic heterocycles. The maximum Gasteiger partial charge on any atom is 0.410 e. The maximum absolute atomic E-state index is 13.4. The van der Waals surface area contributed by atoms with Gasteiger partial charge in [0.15, 0.2) is 0 Å². The molecule has 11 nitrogen and oxygen atoms in total. The van der Waals surface area contributed by atoms with E-state index >= 15 is 0 Å². The number of hydrogen-bond donors (Lipinski definition) is 1. The van der Waals surface area contributed by atoms with Crippen LogP contribution in [-0.2, 0) is 30.8 Å². The first-order valence-corrected chi connectivity index (χ1v) is 14.7. The molecule has 0 aliphatic carbocycles. The number of benzene rings is 1. The summed E-state index contributed by atoms with van der Waals surface area (Å²) in [6, 6.07) is 8.42. The molecule has 0 unspecified atom stereocenters. The van der Waals surface area contributed by atoms with Crippen LogP contribution in [0.25, 0.3) is 28.1 Å². The lowest BCUT2D eigenvalue weighted by Crippen LogP contribution is -2.39. The van der Waals surface area contributed by atoms with Gasteiger partial charge in [0.1, 0.15) is 16.9 Å². The third-order valence-electron chi connectivity index (χ3n) is 7.76. The standard InChI is InChI=1S/C31H38N8O3/c1-6-7-8-12-38-26-15-25(33-27(26)28(40)39-20(2)34-35-29(38)39)24-16-32-37(19-24)17-21-9-10-23-18-36(13-11-22(23)14-21)30(41)42-31(3,4)5/h9-10,14-16,19,33H,6-8,11-13,17-18H2,1-5H3. The highest BCUT2D eigenvalue weighted by Crippen LogP contribution is 2.26. The predicted molar refractivity (Wildman–Crippen MR) is 160 cm³/mol. The van der Waals surface area contributed by atoms with Crippen molar-refractivity contribution < 1.29 is 9.53 Å². The number of nitrogens with one attached hydrogen (secondary N) is 1. The van der Waals surface area contributed by atoms with Gasteiger partial charge in [-0.15, -0.1) is 10.2 Å². The Bertz CT molecular complexity index is 1830. The highest BCUT2D eigenvalue weighted by molar-refractivity contribution is 5.83. The number of aromatic amines is 1. The average molecular weight is 571 g/mol. The number of carbonyl (C=O) groups excluding carboxylic acids is 1. The molecule has 0 atom stereocenters. The van der Waals surface area contributed by atoms with Crippen molar-refractivity contribution in [3.05, 3.63) is 69.5 Å². The lowest BCUT2D eigenvalue weighted by molar-refractivity contribution is 0.0224. The summed E-state index contributed by atoms with van der Waals surface area (Å²) in [6.07, 6.45) is 7.54. The molecule has 42 heavy (non-hydrogen) atoms. The molecule has 11 heteroatoms. The first kappa shape index (κ1) is 27.7. The van der Waals surface area contributed by atoms with Gasteiger partial charge in [-0.25, -0.2) is 9.20 Å². The molecular formula is C31H38N8O3. The number of aromatic nitrogens is 7. The van der Waals surface area contributed by atoms with Crippen molar-refractivity contribution in [2.24, 2.45) is 0 Å². The van der Waals surface area contributed by atoms with E-state index in [4.69, 9.17) is 4.74 Å². The zero-order valence-electron chi connectivity index (χ0n) is 25.0. The van der Waals surface area contributed by atoms with E-state index in [2.05, 4.69) is 50.0 Å². The SMILES string of the molecule is CCCCCn1c2cc(-c3cnn(Cc4ccc5c(c4)CCN(C(=O)OC(C)(C)C)C5)c3)[nH]c2c(=O)n2c(C)nnc12. The van der Waals surface area contributed by atoms with E-state index in [1.54, 1.807) is 16.2 Å². The Hall–Kier alpha value is -4.41. The van der Waals surface area contributed by atoms with Gasteiger partial charge in [0.25, 0.3) is 5.56 Å². The molecule has 4 aromatic heterocycles. The molecule has 1 amide bonds. The van der Waals surface area contributed by atoms with E-state index < -0.39 is 5.60 Å². The van der Waals surface area contributed by atoms with Crippen molar-refractivity contribution in [2.75, 3.05) is 6.54 Å². The summed E-state index contributed by atoms with van der Waals surface area (Å²) in [5, 5.41) is 13.1. The number of ether oxygens (including phenoxy) is 1. The molecular weight excluding hydrogens is 532 g/mol. The smallest absolute Gasteiger partial charge is 0.410 e. The molecule has 0 fully saturated rings. The van der Waals surface area contributed by atoms with Crippen molar-refractivity contribution >= 4 is 22.9 Å². The quantitative estimate of drug-likeness (QED) is 0.273. The third kappa shape index (κ3) is 5.31. The Kier molecular flexibility index (Phi) is 7.12. The molecule has 0 bridgehead atoms. The second-order valence-corrected chi connectivity index (χ2v) is 12.2. The Morgan fingerprint density at radius 2 is 1.95 bits per heavy atom. The molecule has 6 rings (SSSR count). The Balaban J connectivity index is 1.23. The van der Waals surface area contributed by atoms with Crippen LogP contribution in [0.15, 0.2) is 41.5 Å². The largest absolute Gasteiger partial charge is 0.444 e. The molecule has 1 aromatic carbocycles. The van der Waals surface area contributed by atoms with Crippen LogP contribution in [0.2, 0.25) is 0 Å². The number of fused-ring (bicyclic) bond motifs is 3. The highest BCUT2D eigenvalue weighted by Gasteiger charge is 2.26. The van der Waals surface area contributed by atoms with Gasteiger partial charge in [-0.3, -0.25) is 9.48 Å². The Morgan fingerprint density at radius 1 is 1.12 bits per heavy atom. The minimum absolute atomic E-state index is 0.146. The molecule has 5 heterocycles. The number of hydrogen-bond acceptors (Lipinski definition) is 6. The topological polar surface area (TPSA) is 115 Å². The van der Waals surface area contributed by atoms with Crippen molar-refractivity contribution in [1.82, 2.24) is 38.8 Å². The van der Waals surface area contributed by atoms with Gasteiger partial charge in [-0.2, -0.15) is 5.10 Å². The lowest BCUT2D eigenvalue weighted by atomic mass is 9.97. The zero-order chi connectivity index (χ0) is 29.6. The normalized spacial score (nSPS) is 13.7. The zero-order valence-corrected chi connectivity index (χ0v) is 25.0. The summed E-state index contributed by atoms with van der Waals surface area (Å²) in [5.41, 5.74) is 6.00. The van der Waals surface area contributed by atoms with Crippen LogP contribution in [0.4, 0.5) is 4.79 Å². The van der Waals surface area contributed by atoms with Crippen molar-refractivity contribution in [1.29, 1.82) is 0 Å². The fourth-order valence-electron chi connectivity index (χ4n) is 5.66. The van der Waals surface area contributed by atoms with Gasteiger partial charge < -0.3 is 19.2 Å². The summed E-state index contributed by atoms with van der Waals surface area (Å²) >= 11 is 0. The molecule has 1 N–H and O–H groups in total. The summed E-state index contributed by atoms with van der Waals surface area (Å²) in [4.78, 5) is 31.0. The second-order valence-electron chi connectivity index (χ2n) is 12.2.